The first-order valence-electron chi connectivity index (χ1n) is 8.28. The molecule has 26 heavy (non-hydrogen) atoms. The summed E-state index contributed by atoms with van der Waals surface area (Å²) in [5.74, 6) is -0.163. The first kappa shape index (κ1) is 17.9. The van der Waals surface area contributed by atoms with Crippen LogP contribution in [0.15, 0.2) is 60.2 Å². The molecule has 0 aliphatic carbocycles. The molecule has 2 heterocycles. The van der Waals surface area contributed by atoms with Crippen LogP contribution in [0.5, 0.6) is 0 Å². The van der Waals surface area contributed by atoms with Gasteiger partial charge in [-0.3, -0.25) is 9.59 Å². The summed E-state index contributed by atoms with van der Waals surface area (Å²) >= 11 is 1.38. The molecule has 3 rings (SSSR count). The van der Waals surface area contributed by atoms with Gasteiger partial charge in [0.15, 0.2) is 0 Å². The quantitative estimate of drug-likeness (QED) is 0.697. The minimum atomic E-state index is -0.139. The van der Waals surface area contributed by atoms with E-state index >= 15 is 0 Å². The van der Waals surface area contributed by atoms with E-state index in [0.29, 0.717) is 18.0 Å². The number of aromatic nitrogens is 2. The van der Waals surface area contributed by atoms with Crippen LogP contribution in [0.3, 0.4) is 0 Å². The number of hydrogen-bond donors (Lipinski definition) is 1. The van der Waals surface area contributed by atoms with E-state index in [9.17, 15) is 9.59 Å². The van der Waals surface area contributed by atoms with Gasteiger partial charge in [-0.1, -0.05) is 24.3 Å². The third-order valence-electron chi connectivity index (χ3n) is 3.87. The Hall–Kier alpha value is -2.93. The predicted molar refractivity (Wildman–Crippen MR) is 101 cm³/mol. The molecule has 0 atom stereocenters. The van der Waals surface area contributed by atoms with Crippen molar-refractivity contribution in [1.29, 1.82) is 0 Å². The lowest BCUT2D eigenvalue weighted by atomic mass is 10.3. The topological polar surface area (TPSA) is 67.2 Å². The Kier molecular flexibility index (Phi) is 5.80. The van der Waals surface area contributed by atoms with Crippen molar-refractivity contribution in [2.45, 2.75) is 13.0 Å². The van der Waals surface area contributed by atoms with Crippen molar-refractivity contribution in [3.8, 4) is 5.69 Å². The zero-order chi connectivity index (χ0) is 18.4. The van der Waals surface area contributed by atoms with Crippen molar-refractivity contribution in [2.24, 2.45) is 0 Å². The minimum absolute atomic E-state index is 0.0241. The molecule has 0 saturated heterocycles. The van der Waals surface area contributed by atoms with E-state index in [2.05, 4.69) is 10.4 Å². The summed E-state index contributed by atoms with van der Waals surface area (Å²) in [4.78, 5) is 26.4. The summed E-state index contributed by atoms with van der Waals surface area (Å²) in [6.07, 6.45) is 3.94. The lowest BCUT2D eigenvalue weighted by Gasteiger charge is -2.16. The standard InChI is InChI=1S/C19H20N4O2S/c1-22(18(24)9-10-20-19(25)17-8-5-11-26-17)13-15-12-21-23(14-15)16-6-3-2-4-7-16/h2-8,11-12,14H,9-10,13H2,1H3,(H,20,25). The molecule has 2 aromatic heterocycles. The number of amides is 2. The maximum atomic E-state index is 12.2. The van der Waals surface area contributed by atoms with Gasteiger partial charge in [0.2, 0.25) is 5.91 Å². The Labute approximate surface area is 156 Å². The van der Waals surface area contributed by atoms with Gasteiger partial charge >= 0.3 is 0 Å². The van der Waals surface area contributed by atoms with Gasteiger partial charge in [-0.05, 0) is 23.6 Å². The van der Waals surface area contributed by atoms with Crippen LogP contribution >= 0.6 is 11.3 Å². The molecule has 2 amide bonds. The van der Waals surface area contributed by atoms with Crippen molar-refractivity contribution in [3.05, 3.63) is 70.7 Å². The second-order valence-electron chi connectivity index (χ2n) is 5.86. The second kappa shape index (κ2) is 8.44. The lowest BCUT2D eigenvalue weighted by molar-refractivity contribution is -0.130. The fourth-order valence-electron chi connectivity index (χ4n) is 2.49. The number of nitrogens with one attached hydrogen (secondary N) is 1. The third kappa shape index (κ3) is 4.58. The van der Waals surface area contributed by atoms with E-state index in [1.54, 1.807) is 28.9 Å². The molecule has 134 valence electrons. The number of thiophene rings is 1. The molecule has 0 aliphatic rings. The van der Waals surface area contributed by atoms with Gasteiger partial charge in [0, 0.05) is 38.3 Å². The normalized spacial score (nSPS) is 10.5. The Morgan fingerprint density at radius 3 is 2.73 bits per heavy atom. The average Bonchev–Trinajstić information content (AvgIpc) is 3.34. The van der Waals surface area contributed by atoms with Crippen LogP contribution in [0.25, 0.3) is 5.69 Å². The van der Waals surface area contributed by atoms with Crippen LogP contribution in [0.1, 0.15) is 21.7 Å². The summed E-state index contributed by atoms with van der Waals surface area (Å²) in [7, 11) is 1.75. The molecule has 0 bridgehead atoms. The number of hydrogen-bond acceptors (Lipinski definition) is 4. The Bertz CT molecular complexity index is 859. The van der Waals surface area contributed by atoms with Gasteiger partial charge in [-0.15, -0.1) is 11.3 Å². The van der Waals surface area contributed by atoms with Crippen LogP contribution in [-0.2, 0) is 11.3 Å². The highest BCUT2D eigenvalue weighted by Crippen LogP contribution is 2.10. The zero-order valence-corrected chi connectivity index (χ0v) is 15.3. The fraction of sp³-hybridized carbons (Fsp3) is 0.211. The largest absolute Gasteiger partial charge is 0.351 e. The predicted octanol–water partition coefficient (Wildman–Crippen LogP) is 2.71. The number of para-hydroxylation sites is 1. The maximum absolute atomic E-state index is 12.2. The molecule has 0 radical (unpaired) electrons. The summed E-state index contributed by atoms with van der Waals surface area (Å²) in [6.45, 7) is 0.799. The van der Waals surface area contributed by atoms with Crippen LogP contribution in [0, 0.1) is 0 Å². The monoisotopic (exact) mass is 368 g/mol. The lowest BCUT2D eigenvalue weighted by Crippen LogP contribution is -2.31. The Balaban J connectivity index is 1.47. The first-order chi connectivity index (χ1) is 12.6. The minimum Gasteiger partial charge on any atom is -0.351 e. The Morgan fingerprint density at radius 1 is 1.19 bits per heavy atom. The van der Waals surface area contributed by atoms with E-state index in [1.807, 2.05) is 48.0 Å². The first-order valence-corrected chi connectivity index (χ1v) is 9.16. The molecule has 0 saturated carbocycles. The van der Waals surface area contributed by atoms with Crippen molar-refractivity contribution in [2.75, 3.05) is 13.6 Å². The molecular weight excluding hydrogens is 348 g/mol. The number of carbonyl (C=O) groups is 2. The van der Waals surface area contributed by atoms with Crippen LogP contribution in [0.4, 0.5) is 0 Å². The molecule has 6 nitrogen and oxygen atoms in total. The molecule has 0 aliphatic heterocycles. The van der Waals surface area contributed by atoms with E-state index in [4.69, 9.17) is 0 Å². The number of rotatable bonds is 7. The molecule has 0 unspecified atom stereocenters. The van der Waals surface area contributed by atoms with Crippen LogP contribution in [0.2, 0.25) is 0 Å². The van der Waals surface area contributed by atoms with E-state index in [-0.39, 0.29) is 18.2 Å². The van der Waals surface area contributed by atoms with Crippen molar-refractivity contribution in [3.63, 3.8) is 0 Å². The van der Waals surface area contributed by atoms with Gasteiger partial charge in [0.05, 0.1) is 16.8 Å². The summed E-state index contributed by atoms with van der Waals surface area (Å²) in [5, 5.41) is 8.95. The van der Waals surface area contributed by atoms with Crippen LogP contribution < -0.4 is 5.32 Å². The van der Waals surface area contributed by atoms with E-state index < -0.39 is 0 Å². The average molecular weight is 368 g/mol. The molecule has 1 N–H and O–H groups in total. The van der Waals surface area contributed by atoms with Crippen LogP contribution in [-0.4, -0.2) is 40.1 Å². The highest BCUT2D eigenvalue weighted by atomic mass is 32.1. The SMILES string of the molecule is CN(Cc1cnn(-c2ccccc2)c1)C(=O)CCNC(=O)c1cccs1. The number of benzene rings is 1. The van der Waals surface area contributed by atoms with E-state index in [0.717, 1.165) is 11.3 Å². The number of carbonyl (C=O) groups excluding carboxylic acids is 2. The molecule has 0 fully saturated rings. The molecule has 3 aromatic rings. The highest BCUT2D eigenvalue weighted by molar-refractivity contribution is 7.12. The fourth-order valence-corrected chi connectivity index (χ4v) is 3.13. The molecule has 0 spiro atoms. The third-order valence-corrected chi connectivity index (χ3v) is 4.74. The summed E-state index contributed by atoms with van der Waals surface area (Å²) in [6, 6.07) is 13.4. The van der Waals surface area contributed by atoms with E-state index in [1.165, 1.54) is 11.3 Å². The smallest absolute Gasteiger partial charge is 0.261 e. The van der Waals surface area contributed by atoms with Gasteiger partial charge in [-0.2, -0.15) is 5.10 Å². The highest BCUT2D eigenvalue weighted by Gasteiger charge is 2.12. The maximum Gasteiger partial charge on any atom is 0.261 e. The van der Waals surface area contributed by atoms with Gasteiger partial charge < -0.3 is 10.2 Å². The van der Waals surface area contributed by atoms with Crippen molar-refractivity contribution < 1.29 is 9.59 Å². The van der Waals surface area contributed by atoms with Crippen molar-refractivity contribution >= 4 is 23.2 Å². The van der Waals surface area contributed by atoms with Gasteiger partial charge in [0.1, 0.15) is 0 Å². The molecule has 7 heteroatoms. The van der Waals surface area contributed by atoms with Crippen molar-refractivity contribution in [1.82, 2.24) is 20.0 Å². The second-order valence-corrected chi connectivity index (χ2v) is 6.81. The number of nitrogens with zero attached hydrogens (tertiary/aromatic N) is 3. The Morgan fingerprint density at radius 2 is 2.00 bits per heavy atom. The van der Waals surface area contributed by atoms with Gasteiger partial charge in [0.25, 0.3) is 5.91 Å². The summed E-state index contributed by atoms with van der Waals surface area (Å²) in [5.41, 5.74) is 1.93. The van der Waals surface area contributed by atoms with Gasteiger partial charge in [-0.25, -0.2) is 4.68 Å². The summed E-state index contributed by atoms with van der Waals surface area (Å²) < 4.78 is 1.79. The molecular formula is C19H20N4O2S. The molecule has 1 aromatic carbocycles. The zero-order valence-electron chi connectivity index (χ0n) is 14.5.